The highest BCUT2D eigenvalue weighted by Crippen LogP contribution is 2.23. The van der Waals surface area contributed by atoms with Crippen LogP contribution in [0.2, 0.25) is 0 Å². The van der Waals surface area contributed by atoms with Gasteiger partial charge in [-0.1, -0.05) is 6.07 Å². The Hall–Kier alpha value is -2.41. The van der Waals surface area contributed by atoms with E-state index in [2.05, 4.69) is 10.6 Å². The van der Waals surface area contributed by atoms with Gasteiger partial charge >= 0.3 is 5.97 Å². The van der Waals surface area contributed by atoms with Gasteiger partial charge in [-0.3, -0.25) is 9.59 Å². The molecule has 1 saturated heterocycles. The molecule has 1 fully saturated rings. The molecule has 7 nitrogen and oxygen atoms in total. The predicted molar refractivity (Wildman–Crippen MR) is 83.3 cm³/mol. The Bertz CT molecular complexity index is 629. The highest BCUT2D eigenvalue weighted by atomic mass is 16.5. The molecule has 0 spiro atoms. The lowest BCUT2D eigenvalue weighted by Gasteiger charge is -2.14. The van der Waals surface area contributed by atoms with Crippen LogP contribution in [0, 0.1) is 6.92 Å². The molecule has 0 saturated carbocycles. The van der Waals surface area contributed by atoms with Crippen LogP contribution in [0.25, 0.3) is 0 Å². The third kappa shape index (κ3) is 4.07. The Labute approximate surface area is 134 Å². The van der Waals surface area contributed by atoms with Crippen LogP contribution in [0.1, 0.15) is 35.7 Å². The van der Waals surface area contributed by atoms with E-state index >= 15 is 0 Å². The number of anilines is 1. The average Bonchev–Trinajstić information content (AvgIpc) is 3.00. The standard InChI is InChI=1S/C16H20N2O5/c1-3-17-14(19)10-5-4-9(2)11(8-10)18-15(20)12-6-7-13(23-12)16(21)22/h4-5,8,12-13H,3,6-7H2,1-2H3,(H,17,19)(H,18,20)(H,21,22)/t12-,13+/m0/s1. The minimum absolute atomic E-state index is 0.217. The zero-order valence-electron chi connectivity index (χ0n) is 13.1. The van der Waals surface area contributed by atoms with Gasteiger partial charge in [-0.05, 0) is 44.4 Å². The molecular formula is C16H20N2O5. The van der Waals surface area contributed by atoms with E-state index < -0.39 is 24.1 Å². The maximum Gasteiger partial charge on any atom is 0.332 e. The van der Waals surface area contributed by atoms with Gasteiger partial charge in [0.1, 0.15) is 6.10 Å². The number of ether oxygens (including phenoxy) is 1. The molecule has 2 atom stereocenters. The first-order chi connectivity index (χ1) is 10.9. The predicted octanol–water partition coefficient (Wildman–Crippen LogP) is 1.32. The van der Waals surface area contributed by atoms with E-state index in [4.69, 9.17) is 9.84 Å². The molecule has 2 rings (SSSR count). The molecule has 0 aromatic heterocycles. The number of hydrogen-bond acceptors (Lipinski definition) is 4. The summed E-state index contributed by atoms with van der Waals surface area (Å²) in [5.74, 6) is -1.68. The van der Waals surface area contributed by atoms with Crippen molar-refractivity contribution in [2.24, 2.45) is 0 Å². The number of carbonyl (C=O) groups is 3. The quantitative estimate of drug-likeness (QED) is 0.759. The van der Waals surface area contributed by atoms with E-state index in [0.717, 1.165) is 5.56 Å². The Morgan fingerprint density at radius 3 is 2.57 bits per heavy atom. The Morgan fingerprint density at radius 2 is 1.96 bits per heavy atom. The van der Waals surface area contributed by atoms with Crippen LogP contribution in [0.3, 0.4) is 0 Å². The number of aryl methyl sites for hydroxylation is 1. The van der Waals surface area contributed by atoms with Gasteiger partial charge < -0.3 is 20.5 Å². The largest absolute Gasteiger partial charge is 0.479 e. The van der Waals surface area contributed by atoms with Crippen molar-refractivity contribution in [2.75, 3.05) is 11.9 Å². The van der Waals surface area contributed by atoms with Crippen molar-refractivity contribution in [3.63, 3.8) is 0 Å². The van der Waals surface area contributed by atoms with E-state index in [1.165, 1.54) is 0 Å². The third-order valence-electron chi connectivity index (χ3n) is 3.68. The number of carbonyl (C=O) groups excluding carboxylic acids is 2. The summed E-state index contributed by atoms with van der Waals surface area (Å²) in [6.45, 7) is 4.15. The molecule has 1 aromatic carbocycles. The van der Waals surface area contributed by atoms with Crippen molar-refractivity contribution in [3.8, 4) is 0 Å². The van der Waals surface area contributed by atoms with Crippen molar-refractivity contribution in [1.82, 2.24) is 5.32 Å². The molecule has 2 amide bonds. The minimum atomic E-state index is -1.06. The topological polar surface area (TPSA) is 105 Å². The number of rotatable bonds is 5. The number of hydrogen-bond donors (Lipinski definition) is 3. The van der Waals surface area contributed by atoms with Crippen LogP contribution in [-0.2, 0) is 14.3 Å². The van der Waals surface area contributed by atoms with Gasteiger partial charge in [0.25, 0.3) is 11.8 Å². The van der Waals surface area contributed by atoms with E-state index in [0.29, 0.717) is 30.6 Å². The highest BCUT2D eigenvalue weighted by Gasteiger charge is 2.34. The summed E-state index contributed by atoms with van der Waals surface area (Å²) < 4.78 is 5.22. The second-order valence-electron chi connectivity index (χ2n) is 5.41. The minimum Gasteiger partial charge on any atom is -0.479 e. The molecule has 0 bridgehead atoms. The highest BCUT2D eigenvalue weighted by molar-refractivity contribution is 5.99. The number of carboxylic acid groups (broad SMARTS) is 1. The lowest BCUT2D eigenvalue weighted by molar-refractivity contribution is -0.150. The lowest BCUT2D eigenvalue weighted by atomic mass is 10.1. The van der Waals surface area contributed by atoms with Gasteiger partial charge in [0.05, 0.1) is 0 Å². The maximum absolute atomic E-state index is 12.2. The van der Waals surface area contributed by atoms with Gasteiger partial charge in [-0.15, -0.1) is 0 Å². The second kappa shape index (κ2) is 7.23. The van der Waals surface area contributed by atoms with Gasteiger partial charge in [0.2, 0.25) is 0 Å². The van der Waals surface area contributed by atoms with Crippen LogP contribution in [-0.4, -0.2) is 41.6 Å². The smallest absolute Gasteiger partial charge is 0.332 e. The maximum atomic E-state index is 12.2. The van der Waals surface area contributed by atoms with Crippen molar-refractivity contribution in [2.45, 2.75) is 38.9 Å². The van der Waals surface area contributed by atoms with Gasteiger partial charge in [-0.25, -0.2) is 4.79 Å². The Balaban J connectivity index is 2.07. The zero-order valence-corrected chi connectivity index (χ0v) is 13.1. The summed E-state index contributed by atoms with van der Waals surface area (Å²) in [7, 11) is 0. The summed E-state index contributed by atoms with van der Waals surface area (Å²) in [6, 6.07) is 5.03. The molecule has 0 aliphatic carbocycles. The van der Waals surface area contributed by atoms with Crippen molar-refractivity contribution in [3.05, 3.63) is 29.3 Å². The number of aliphatic carboxylic acids is 1. The molecule has 23 heavy (non-hydrogen) atoms. The molecular weight excluding hydrogens is 300 g/mol. The fraction of sp³-hybridized carbons (Fsp3) is 0.438. The van der Waals surface area contributed by atoms with Crippen molar-refractivity contribution in [1.29, 1.82) is 0 Å². The normalized spacial score (nSPS) is 20.1. The average molecular weight is 320 g/mol. The number of nitrogens with one attached hydrogen (secondary N) is 2. The number of carboxylic acids is 1. The van der Waals surface area contributed by atoms with E-state index in [9.17, 15) is 14.4 Å². The first-order valence-electron chi connectivity index (χ1n) is 7.50. The van der Waals surface area contributed by atoms with Crippen LogP contribution in [0.4, 0.5) is 5.69 Å². The second-order valence-corrected chi connectivity index (χ2v) is 5.41. The van der Waals surface area contributed by atoms with E-state index in [1.54, 1.807) is 18.2 Å². The first-order valence-corrected chi connectivity index (χ1v) is 7.50. The van der Waals surface area contributed by atoms with Crippen LogP contribution in [0.15, 0.2) is 18.2 Å². The summed E-state index contributed by atoms with van der Waals surface area (Å²) in [5.41, 5.74) is 1.77. The van der Waals surface area contributed by atoms with Crippen LogP contribution in [0.5, 0.6) is 0 Å². The monoisotopic (exact) mass is 320 g/mol. The summed E-state index contributed by atoms with van der Waals surface area (Å²) in [4.78, 5) is 34.9. The van der Waals surface area contributed by atoms with Crippen molar-refractivity contribution >= 4 is 23.5 Å². The van der Waals surface area contributed by atoms with Crippen LogP contribution >= 0.6 is 0 Å². The Kier molecular flexibility index (Phi) is 5.33. The summed E-state index contributed by atoms with van der Waals surface area (Å²) in [6.07, 6.45) is -1.06. The van der Waals surface area contributed by atoms with Gasteiger partial charge in [0, 0.05) is 17.8 Å². The van der Waals surface area contributed by atoms with Gasteiger partial charge in [0.15, 0.2) is 6.10 Å². The fourth-order valence-corrected chi connectivity index (χ4v) is 2.39. The zero-order chi connectivity index (χ0) is 17.0. The Morgan fingerprint density at radius 1 is 1.26 bits per heavy atom. The van der Waals surface area contributed by atoms with E-state index in [-0.39, 0.29) is 5.91 Å². The molecule has 1 aliphatic rings. The molecule has 1 aliphatic heterocycles. The fourth-order valence-electron chi connectivity index (χ4n) is 2.39. The summed E-state index contributed by atoms with van der Waals surface area (Å²) in [5, 5.41) is 14.3. The molecule has 3 N–H and O–H groups in total. The molecule has 124 valence electrons. The van der Waals surface area contributed by atoms with E-state index in [1.807, 2.05) is 13.8 Å². The SMILES string of the molecule is CCNC(=O)c1ccc(C)c(NC(=O)[C@@H]2CC[C@H](C(=O)O)O2)c1. The lowest BCUT2D eigenvalue weighted by Crippen LogP contribution is -2.30. The molecule has 0 radical (unpaired) electrons. The van der Waals surface area contributed by atoms with Crippen LogP contribution < -0.4 is 10.6 Å². The van der Waals surface area contributed by atoms with Crippen molar-refractivity contribution < 1.29 is 24.2 Å². The molecule has 1 aromatic rings. The molecule has 0 unspecified atom stereocenters. The number of amides is 2. The molecule has 7 heteroatoms. The third-order valence-corrected chi connectivity index (χ3v) is 3.68. The number of benzene rings is 1. The molecule has 1 heterocycles. The first kappa shape index (κ1) is 17.0. The summed E-state index contributed by atoms with van der Waals surface area (Å²) >= 11 is 0. The van der Waals surface area contributed by atoms with Gasteiger partial charge in [-0.2, -0.15) is 0 Å².